The Morgan fingerprint density at radius 2 is 0.683 bits per heavy atom. The van der Waals surface area contributed by atoms with E-state index in [1.165, 1.54) is 117 Å². The molecule has 0 radical (unpaired) electrons. The molecule has 0 atom stereocenters. The summed E-state index contributed by atoms with van der Waals surface area (Å²) in [5, 5.41) is 2.53. The van der Waals surface area contributed by atoms with E-state index in [4.69, 9.17) is 0 Å². The van der Waals surface area contributed by atoms with Gasteiger partial charge in [0.25, 0.3) is 0 Å². The zero-order valence-electron chi connectivity index (χ0n) is 34.5. The largest absolute Gasteiger partial charge is 0.309 e. The van der Waals surface area contributed by atoms with Crippen LogP contribution in [-0.4, -0.2) is 4.57 Å². The van der Waals surface area contributed by atoms with Crippen molar-refractivity contribution in [3.05, 3.63) is 281 Å². The molecule has 1 aromatic heterocycles. The molecule has 10 aromatic carbocycles. The Morgan fingerprint density at radius 3 is 1.30 bits per heavy atom. The maximum absolute atomic E-state index is 2.45. The number of nitrogens with zero attached hydrogens (tertiary/aromatic N) is 1. The number of hydrogen-bond donors (Lipinski definition) is 0. The van der Waals surface area contributed by atoms with Gasteiger partial charge in [-0.25, -0.2) is 0 Å². The first-order valence-corrected chi connectivity index (χ1v) is 22.1. The molecule has 1 heterocycles. The molecule has 63 heavy (non-hydrogen) atoms. The lowest BCUT2D eigenvalue weighted by Crippen LogP contribution is -2.44. The van der Waals surface area contributed by atoms with Gasteiger partial charge in [-0.05, 0) is 113 Å². The van der Waals surface area contributed by atoms with Crippen molar-refractivity contribution in [1.82, 2.24) is 4.57 Å². The first-order valence-electron chi connectivity index (χ1n) is 22.1. The average Bonchev–Trinajstić information content (AvgIpc) is 3.96. The van der Waals surface area contributed by atoms with E-state index in [9.17, 15) is 0 Å². The zero-order valence-corrected chi connectivity index (χ0v) is 34.5. The molecule has 3 aliphatic carbocycles. The summed E-state index contributed by atoms with van der Waals surface area (Å²) in [6, 6.07) is 89.1. The van der Waals surface area contributed by atoms with Gasteiger partial charge in [0.1, 0.15) is 0 Å². The molecule has 0 fully saturated rings. The van der Waals surface area contributed by atoms with Gasteiger partial charge in [-0.15, -0.1) is 0 Å². The van der Waals surface area contributed by atoms with Gasteiger partial charge in [-0.1, -0.05) is 212 Å². The summed E-state index contributed by atoms with van der Waals surface area (Å²) in [5.74, 6) is 0. The fourth-order valence-corrected chi connectivity index (χ4v) is 12.4. The number of rotatable bonds is 3. The Hall–Kier alpha value is -8.00. The summed E-state index contributed by atoms with van der Waals surface area (Å²) in [5.41, 5.74) is 23.5. The second kappa shape index (κ2) is 12.8. The van der Waals surface area contributed by atoms with E-state index in [0.717, 1.165) is 0 Å². The Morgan fingerprint density at radius 1 is 0.254 bits per heavy atom. The summed E-state index contributed by atoms with van der Waals surface area (Å²) >= 11 is 0. The van der Waals surface area contributed by atoms with Crippen molar-refractivity contribution in [3.63, 3.8) is 0 Å². The average molecular weight is 798 g/mol. The summed E-state index contributed by atoms with van der Waals surface area (Å²) < 4.78 is 2.41. The van der Waals surface area contributed by atoms with E-state index >= 15 is 0 Å². The van der Waals surface area contributed by atoms with Gasteiger partial charge in [0, 0.05) is 16.5 Å². The normalized spacial score (nSPS) is 14.3. The third-order valence-corrected chi connectivity index (χ3v) is 14.7. The quantitative estimate of drug-likeness (QED) is 0.168. The molecule has 3 aliphatic rings. The van der Waals surface area contributed by atoms with Crippen LogP contribution in [0, 0.1) is 0 Å². The summed E-state index contributed by atoms with van der Waals surface area (Å²) in [7, 11) is 0. The number of para-hydroxylation sites is 2. The van der Waals surface area contributed by atoms with Crippen LogP contribution in [0.4, 0.5) is 0 Å². The predicted octanol–water partition coefficient (Wildman–Crippen LogP) is 15.2. The van der Waals surface area contributed by atoms with Gasteiger partial charge in [-0.3, -0.25) is 0 Å². The predicted molar refractivity (Wildman–Crippen MR) is 260 cm³/mol. The van der Waals surface area contributed by atoms with Crippen LogP contribution in [0.15, 0.2) is 237 Å². The molecule has 14 rings (SSSR count). The first kappa shape index (κ1) is 34.7. The lowest BCUT2D eigenvalue weighted by Gasteiger charge is -2.49. The monoisotopic (exact) mass is 797 g/mol. The number of aromatic nitrogens is 1. The van der Waals surface area contributed by atoms with Gasteiger partial charge >= 0.3 is 0 Å². The van der Waals surface area contributed by atoms with Crippen molar-refractivity contribution in [2.75, 3.05) is 0 Å². The third-order valence-electron chi connectivity index (χ3n) is 14.7. The van der Waals surface area contributed by atoms with E-state index in [2.05, 4.69) is 241 Å². The topological polar surface area (TPSA) is 4.93 Å². The van der Waals surface area contributed by atoms with Gasteiger partial charge in [0.2, 0.25) is 0 Å². The summed E-state index contributed by atoms with van der Waals surface area (Å²) in [6.45, 7) is 0. The standard InChI is InChI=1S/C62H39N/c1-2-17-43(18-3-1)63-58-32-15-8-23-49(58)50-38-37-42(39-59(50)63)40-33-35-41(36-34-40)44-24-16-31-57-60(44)62(53-27-11-6-21-47(53)48-22-7-12-28-54(48)62)56-30-14-13-29-55(56)61(57)51-25-9-4-19-45(51)46-20-5-10-26-52(46)61/h1-39H. The zero-order chi connectivity index (χ0) is 41.3. The SMILES string of the molecule is c1ccc(-n2c3ccccc3c3ccc(-c4ccc(-c5cccc6c5C5(c7ccccc7-c7ccccc75)c5ccccc5C65c6ccccc6-c6ccccc65)cc4)cc32)cc1. The molecule has 1 nitrogen and oxygen atoms in total. The van der Waals surface area contributed by atoms with Crippen LogP contribution >= 0.6 is 0 Å². The Labute approximate surface area is 366 Å². The first-order chi connectivity index (χ1) is 31.3. The fourth-order valence-electron chi connectivity index (χ4n) is 12.4. The van der Waals surface area contributed by atoms with Crippen molar-refractivity contribution >= 4 is 21.8 Å². The molecule has 11 aromatic rings. The molecule has 0 amide bonds. The van der Waals surface area contributed by atoms with Crippen molar-refractivity contribution in [2.45, 2.75) is 10.8 Å². The molecule has 0 aliphatic heterocycles. The van der Waals surface area contributed by atoms with Crippen LogP contribution < -0.4 is 0 Å². The van der Waals surface area contributed by atoms with Crippen LogP contribution in [0.5, 0.6) is 0 Å². The lowest BCUT2D eigenvalue weighted by atomic mass is 9.51. The maximum Gasteiger partial charge on any atom is 0.0725 e. The van der Waals surface area contributed by atoms with Gasteiger partial charge < -0.3 is 4.57 Å². The molecular formula is C62H39N. The molecule has 0 saturated heterocycles. The van der Waals surface area contributed by atoms with Gasteiger partial charge in [-0.2, -0.15) is 0 Å². The van der Waals surface area contributed by atoms with Crippen LogP contribution in [-0.2, 0) is 10.8 Å². The highest BCUT2D eigenvalue weighted by Crippen LogP contribution is 2.68. The number of benzene rings is 10. The molecule has 2 spiro atoms. The highest BCUT2D eigenvalue weighted by atomic mass is 15.0. The summed E-state index contributed by atoms with van der Waals surface area (Å²) in [6.07, 6.45) is 0. The molecule has 1 heteroatoms. The van der Waals surface area contributed by atoms with Crippen LogP contribution in [0.3, 0.4) is 0 Å². The lowest BCUT2D eigenvalue weighted by molar-refractivity contribution is 0.634. The molecule has 0 unspecified atom stereocenters. The van der Waals surface area contributed by atoms with Crippen LogP contribution in [0.1, 0.15) is 44.5 Å². The Balaban J connectivity index is 1.04. The minimum absolute atomic E-state index is 0.514. The van der Waals surface area contributed by atoms with Crippen LogP contribution in [0.25, 0.3) is 72.0 Å². The minimum Gasteiger partial charge on any atom is -0.309 e. The van der Waals surface area contributed by atoms with Crippen molar-refractivity contribution in [3.8, 4) is 50.2 Å². The number of fused-ring (bicyclic) bond motifs is 19. The Kier molecular flexibility index (Phi) is 7.03. The van der Waals surface area contributed by atoms with Gasteiger partial charge in [0.05, 0.1) is 21.9 Å². The molecule has 0 N–H and O–H groups in total. The summed E-state index contributed by atoms with van der Waals surface area (Å²) in [4.78, 5) is 0. The number of hydrogen-bond acceptors (Lipinski definition) is 0. The second-order valence-electron chi connectivity index (χ2n) is 17.5. The van der Waals surface area contributed by atoms with E-state index in [1.54, 1.807) is 0 Å². The second-order valence-corrected chi connectivity index (χ2v) is 17.5. The van der Waals surface area contributed by atoms with Crippen molar-refractivity contribution in [1.29, 1.82) is 0 Å². The van der Waals surface area contributed by atoms with Crippen LogP contribution in [0.2, 0.25) is 0 Å². The smallest absolute Gasteiger partial charge is 0.0725 e. The van der Waals surface area contributed by atoms with Crippen molar-refractivity contribution < 1.29 is 0 Å². The molecule has 0 saturated carbocycles. The molecule has 292 valence electrons. The van der Waals surface area contributed by atoms with E-state index in [0.29, 0.717) is 0 Å². The van der Waals surface area contributed by atoms with Crippen molar-refractivity contribution in [2.24, 2.45) is 0 Å². The highest BCUT2D eigenvalue weighted by Gasteiger charge is 2.59. The third kappa shape index (κ3) is 4.36. The van der Waals surface area contributed by atoms with E-state index in [1.807, 2.05) is 0 Å². The maximum atomic E-state index is 2.45. The van der Waals surface area contributed by atoms with E-state index in [-0.39, 0.29) is 0 Å². The molecule has 0 bridgehead atoms. The Bertz CT molecular complexity index is 3590. The van der Waals surface area contributed by atoms with E-state index < -0.39 is 10.8 Å². The highest BCUT2D eigenvalue weighted by molar-refractivity contribution is 6.10. The molecular weight excluding hydrogens is 759 g/mol. The van der Waals surface area contributed by atoms with Gasteiger partial charge in [0.15, 0.2) is 0 Å². The fraction of sp³-hybridized carbons (Fsp3) is 0.0323. The minimum atomic E-state index is -0.554.